The second kappa shape index (κ2) is 7.75. The van der Waals surface area contributed by atoms with Crippen LogP contribution < -0.4 is 11.2 Å². The highest BCUT2D eigenvalue weighted by Crippen LogP contribution is 2.33. The van der Waals surface area contributed by atoms with Crippen LogP contribution in [0.15, 0.2) is 12.7 Å². The number of imidazole rings is 1. The van der Waals surface area contributed by atoms with Gasteiger partial charge in [0.25, 0.3) is 0 Å². The summed E-state index contributed by atoms with van der Waals surface area (Å²) in [5.74, 6) is 0.196. The van der Waals surface area contributed by atoms with E-state index >= 15 is 0 Å². The van der Waals surface area contributed by atoms with E-state index in [9.17, 15) is 15.3 Å². The Balaban J connectivity index is 1.72. The standard InChI is InChI=1S/C14H22N6O6/c1-6(26-19-2-7(22)3-21)11-9(23)10(24)14(25-11)20-5-18-8-12(15)16-4-17-13(8)20/h4-7,9-11,14,19,21-24H,2-3H2,1H3,(H2,15,16,17)/t6?,7?,9-,10+,11+,14+/m0/s1. The summed E-state index contributed by atoms with van der Waals surface area (Å²) in [6.07, 6.45) is -3.23. The van der Waals surface area contributed by atoms with Crippen LogP contribution >= 0.6 is 0 Å². The van der Waals surface area contributed by atoms with Crippen molar-refractivity contribution in [1.29, 1.82) is 0 Å². The quantitative estimate of drug-likeness (QED) is 0.279. The lowest BCUT2D eigenvalue weighted by Crippen LogP contribution is -2.42. The van der Waals surface area contributed by atoms with E-state index in [2.05, 4.69) is 20.4 Å². The first-order valence-electron chi connectivity index (χ1n) is 8.06. The van der Waals surface area contributed by atoms with E-state index in [1.165, 1.54) is 17.2 Å². The molecule has 2 aromatic rings. The summed E-state index contributed by atoms with van der Waals surface area (Å²) in [5.41, 5.74) is 8.98. The minimum atomic E-state index is -1.25. The van der Waals surface area contributed by atoms with Crippen LogP contribution in [0.3, 0.4) is 0 Å². The normalized spacial score (nSPS) is 28.5. The van der Waals surface area contributed by atoms with E-state index in [4.69, 9.17) is 20.4 Å². The summed E-state index contributed by atoms with van der Waals surface area (Å²) in [6.45, 7) is 1.22. The van der Waals surface area contributed by atoms with Crippen LogP contribution in [0.2, 0.25) is 0 Å². The molecule has 0 saturated carbocycles. The Bertz CT molecular complexity index is 744. The third-order valence-electron chi connectivity index (χ3n) is 4.20. The number of nitrogens with one attached hydrogen (secondary N) is 1. The van der Waals surface area contributed by atoms with E-state index in [1.807, 2.05) is 0 Å². The monoisotopic (exact) mass is 370 g/mol. The molecule has 0 aromatic carbocycles. The number of hydrogen-bond acceptors (Lipinski definition) is 11. The first-order valence-corrected chi connectivity index (χ1v) is 8.06. The molecule has 144 valence electrons. The van der Waals surface area contributed by atoms with Gasteiger partial charge >= 0.3 is 0 Å². The molecular formula is C14H22N6O6. The molecule has 7 N–H and O–H groups in total. The number of nitrogens with zero attached hydrogens (tertiary/aromatic N) is 4. The Kier molecular flexibility index (Phi) is 5.62. The summed E-state index contributed by atoms with van der Waals surface area (Å²) >= 11 is 0. The highest BCUT2D eigenvalue weighted by molar-refractivity contribution is 5.81. The molecule has 0 radical (unpaired) electrons. The maximum Gasteiger partial charge on any atom is 0.167 e. The summed E-state index contributed by atoms with van der Waals surface area (Å²) in [6, 6.07) is 0. The molecule has 2 unspecified atom stereocenters. The van der Waals surface area contributed by atoms with Crippen molar-refractivity contribution in [3.8, 4) is 0 Å². The molecule has 1 saturated heterocycles. The second-order valence-electron chi connectivity index (χ2n) is 6.06. The molecule has 3 heterocycles. The average molecular weight is 370 g/mol. The van der Waals surface area contributed by atoms with Gasteiger partial charge in [0.2, 0.25) is 0 Å². The minimum Gasteiger partial charge on any atom is -0.394 e. The molecule has 0 amide bonds. The van der Waals surface area contributed by atoms with Crippen molar-refractivity contribution in [3.05, 3.63) is 12.7 Å². The molecular weight excluding hydrogens is 348 g/mol. The smallest absolute Gasteiger partial charge is 0.167 e. The molecule has 1 aliphatic heterocycles. The van der Waals surface area contributed by atoms with Crippen LogP contribution in [0.25, 0.3) is 11.2 Å². The van der Waals surface area contributed by atoms with Gasteiger partial charge in [-0.3, -0.25) is 9.40 Å². The number of ether oxygens (including phenoxy) is 1. The molecule has 0 spiro atoms. The number of hydrogen-bond donors (Lipinski definition) is 6. The van der Waals surface area contributed by atoms with E-state index in [0.29, 0.717) is 11.2 Å². The number of anilines is 1. The number of aliphatic hydroxyl groups is 4. The number of aliphatic hydroxyl groups excluding tert-OH is 4. The largest absolute Gasteiger partial charge is 0.394 e. The third-order valence-corrected chi connectivity index (χ3v) is 4.20. The van der Waals surface area contributed by atoms with Crippen LogP contribution in [0.5, 0.6) is 0 Å². The van der Waals surface area contributed by atoms with Crippen molar-refractivity contribution in [2.45, 2.75) is 43.7 Å². The molecule has 0 aliphatic carbocycles. The van der Waals surface area contributed by atoms with Gasteiger partial charge in [0.1, 0.15) is 36.3 Å². The molecule has 0 bridgehead atoms. The molecule has 1 fully saturated rings. The van der Waals surface area contributed by atoms with Gasteiger partial charge in [-0.2, -0.15) is 5.48 Å². The number of aromatic nitrogens is 4. The first-order chi connectivity index (χ1) is 12.4. The fourth-order valence-electron chi connectivity index (χ4n) is 2.77. The fourth-order valence-corrected chi connectivity index (χ4v) is 2.77. The topological polar surface area (TPSA) is 181 Å². The number of hydroxylamine groups is 1. The Labute approximate surface area is 148 Å². The Morgan fingerprint density at radius 1 is 1.35 bits per heavy atom. The number of rotatable bonds is 7. The fraction of sp³-hybridized carbons (Fsp3) is 0.643. The summed E-state index contributed by atoms with van der Waals surface area (Å²) < 4.78 is 7.24. The van der Waals surface area contributed by atoms with Crippen molar-refractivity contribution < 1.29 is 30.0 Å². The summed E-state index contributed by atoms with van der Waals surface area (Å²) in [4.78, 5) is 17.4. The zero-order valence-electron chi connectivity index (χ0n) is 14.0. The van der Waals surface area contributed by atoms with Gasteiger partial charge in [0.05, 0.1) is 19.0 Å². The predicted molar refractivity (Wildman–Crippen MR) is 87.3 cm³/mol. The zero-order chi connectivity index (χ0) is 18.8. The van der Waals surface area contributed by atoms with Crippen LogP contribution in [-0.2, 0) is 9.57 Å². The van der Waals surface area contributed by atoms with Gasteiger partial charge in [-0.15, -0.1) is 0 Å². The van der Waals surface area contributed by atoms with Crippen LogP contribution in [-0.4, -0.2) is 83.6 Å². The van der Waals surface area contributed by atoms with E-state index in [-0.39, 0.29) is 12.4 Å². The van der Waals surface area contributed by atoms with Crippen molar-refractivity contribution in [2.24, 2.45) is 0 Å². The average Bonchev–Trinajstić information content (AvgIpc) is 3.18. The highest BCUT2D eigenvalue weighted by Gasteiger charge is 2.47. The third kappa shape index (κ3) is 3.48. The minimum absolute atomic E-state index is 0.00199. The molecule has 12 heteroatoms. The number of fused-ring (bicyclic) bond motifs is 1. The highest BCUT2D eigenvalue weighted by atomic mass is 16.7. The van der Waals surface area contributed by atoms with Gasteiger partial charge in [0, 0.05) is 6.54 Å². The molecule has 3 rings (SSSR count). The first kappa shape index (κ1) is 18.8. The summed E-state index contributed by atoms with van der Waals surface area (Å²) in [5, 5.41) is 38.7. The van der Waals surface area contributed by atoms with Gasteiger partial charge in [-0.1, -0.05) is 0 Å². The van der Waals surface area contributed by atoms with Gasteiger partial charge in [-0.05, 0) is 6.92 Å². The number of nitrogen functional groups attached to an aromatic ring is 1. The van der Waals surface area contributed by atoms with E-state index in [1.54, 1.807) is 6.92 Å². The molecule has 26 heavy (non-hydrogen) atoms. The van der Waals surface area contributed by atoms with Crippen molar-refractivity contribution in [1.82, 2.24) is 25.0 Å². The predicted octanol–water partition coefficient (Wildman–Crippen LogP) is -2.71. The molecule has 1 aliphatic rings. The SMILES string of the molecule is CC(ONCC(O)CO)[C@H]1O[C@@H](n2cnc3c(N)ncnc32)[C@H](O)[C@@H]1O. The Morgan fingerprint density at radius 3 is 2.85 bits per heavy atom. The second-order valence-corrected chi connectivity index (χ2v) is 6.06. The lowest BCUT2D eigenvalue weighted by molar-refractivity contribution is -0.132. The van der Waals surface area contributed by atoms with Crippen LogP contribution in [0.1, 0.15) is 13.2 Å². The van der Waals surface area contributed by atoms with E-state index in [0.717, 1.165) is 0 Å². The van der Waals surface area contributed by atoms with Crippen molar-refractivity contribution >= 4 is 17.0 Å². The van der Waals surface area contributed by atoms with E-state index < -0.39 is 43.4 Å². The van der Waals surface area contributed by atoms with Gasteiger partial charge in [-0.25, -0.2) is 15.0 Å². The summed E-state index contributed by atoms with van der Waals surface area (Å²) in [7, 11) is 0. The van der Waals surface area contributed by atoms with Crippen LogP contribution in [0, 0.1) is 0 Å². The van der Waals surface area contributed by atoms with Crippen LogP contribution in [0.4, 0.5) is 5.82 Å². The lowest BCUT2D eigenvalue weighted by atomic mass is 10.1. The zero-order valence-corrected chi connectivity index (χ0v) is 14.0. The lowest BCUT2D eigenvalue weighted by Gasteiger charge is -2.22. The van der Waals surface area contributed by atoms with Crippen molar-refractivity contribution in [3.63, 3.8) is 0 Å². The maximum atomic E-state index is 10.4. The number of nitrogens with two attached hydrogens (primary N) is 1. The van der Waals surface area contributed by atoms with Crippen molar-refractivity contribution in [2.75, 3.05) is 18.9 Å². The Morgan fingerprint density at radius 2 is 2.12 bits per heavy atom. The van der Waals surface area contributed by atoms with Gasteiger partial charge in [0.15, 0.2) is 17.7 Å². The molecule has 2 aromatic heterocycles. The Hall–Kier alpha value is -1.93. The molecule has 6 atom stereocenters. The molecule has 12 nitrogen and oxygen atoms in total. The maximum absolute atomic E-state index is 10.4. The van der Waals surface area contributed by atoms with Gasteiger partial charge < -0.3 is 30.9 Å².